The van der Waals surface area contributed by atoms with Gasteiger partial charge in [-0.25, -0.2) is 18.4 Å². The lowest BCUT2D eigenvalue weighted by Crippen LogP contribution is -2.24. The summed E-state index contributed by atoms with van der Waals surface area (Å²) in [4.78, 5) is 24.3. The minimum absolute atomic E-state index is 0.00333. The molecule has 2 rings (SSSR count). The molecule has 2 aromatic rings. The number of primary sulfonamides is 1. The lowest BCUT2D eigenvalue weighted by atomic mass is 10.1. The molecule has 0 amide bonds. The number of sulfonamides is 1. The van der Waals surface area contributed by atoms with Gasteiger partial charge in [-0.2, -0.15) is 0 Å². The number of ether oxygens (including phenoxy) is 3. The molecule has 2 N–H and O–H groups in total. The first-order valence-corrected chi connectivity index (χ1v) is 9.32. The maximum absolute atomic E-state index is 12.4. The van der Waals surface area contributed by atoms with Crippen LogP contribution in [-0.2, 0) is 14.8 Å². The molecule has 1 atom stereocenters. The Hall–Kier alpha value is -2.91. The summed E-state index contributed by atoms with van der Waals surface area (Å²) in [6.07, 6.45) is -1.08. The number of rotatable bonds is 7. The number of hydrogen-bond donors (Lipinski definition) is 1. The number of esters is 1. The molecule has 0 spiro atoms. The van der Waals surface area contributed by atoms with Crippen molar-refractivity contribution >= 4 is 21.8 Å². The molecule has 0 aliphatic carbocycles. The predicted octanol–water partition coefficient (Wildman–Crippen LogP) is 1.78. The quantitative estimate of drug-likeness (QED) is 0.562. The zero-order valence-electron chi connectivity index (χ0n) is 15.0. The largest absolute Gasteiger partial charge is 0.497 e. The molecule has 0 aliphatic heterocycles. The van der Waals surface area contributed by atoms with Crippen molar-refractivity contribution in [2.24, 2.45) is 5.14 Å². The van der Waals surface area contributed by atoms with E-state index in [4.69, 9.17) is 19.3 Å². The smallest absolute Gasteiger partial charge is 0.338 e. The predicted molar refractivity (Wildman–Crippen MR) is 96.6 cm³/mol. The zero-order valence-corrected chi connectivity index (χ0v) is 15.8. The van der Waals surface area contributed by atoms with Crippen molar-refractivity contribution in [2.75, 3.05) is 14.2 Å². The molecule has 0 saturated heterocycles. The minimum atomic E-state index is -4.11. The SMILES string of the molecule is COc1ccc(C(=O)[C@@H](C)OC(=O)c2ccc(OC)c(S(N)(=O)=O)c2)cc1. The third-order valence-corrected chi connectivity index (χ3v) is 4.67. The fourth-order valence-corrected chi connectivity index (χ4v) is 3.02. The van der Waals surface area contributed by atoms with Gasteiger partial charge in [0.05, 0.1) is 19.8 Å². The number of hydrogen-bond acceptors (Lipinski definition) is 7. The van der Waals surface area contributed by atoms with Gasteiger partial charge < -0.3 is 14.2 Å². The van der Waals surface area contributed by atoms with E-state index in [0.29, 0.717) is 11.3 Å². The first-order chi connectivity index (χ1) is 12.7. The Morgan fingerprint density at radius 1 is 0.963 bits per heavy atom. The third-order valence-electron chi connectivity index (χ3n) is 3.73. The molecule has 0 unspecified atom stereocenters. The molecule has 27 heavy (non-hydrogen) atoms. The molecule has 0 bridgehead atoms. The van der Waals surface area contributed by atoms with Crippen LogP contribution in [0.2, 0.25) is 0 Å². The summed E-state index contributed by atoms with van der Waals surface area (Å²) in [6, 6.07) is 9.98. The van der Waals surface area contributed by atoms with Crippen molar-refractivity contribution < 1.29 is 32.2 Å². The van der Waals surface area contributed by atoms with Gasteiger partial charge in [-0.15, -0.1) is 0 Å². The lowest BCUT2D eigenvalue weighted by molar-refractivity contribution is 0.0318. The topological polar surface area (TPSA) is 122 Å². The Balaban J connectivity index is 2.19. The van der Waals surface area contributed by atoms with E-state index in [0.717, 1.165) is 6.07 Å². The minimum Gasteiger partial charge on any atom is -0.497 e. The molecule has 2 aromatic carbocycles. The van der Waals surface area contributed by atoms with Crippen LogP contribution in [0.15, 0.2) is 47.4 Å². The number of ketones is 1. The Morgan fingerprint density at radius 2 is 1.56 bits per heavy atom. The number of carbonyl (C=O) groups is 2. The lowest BCUT2D eigenvalue weighted by Gasteiger charge is -2.14. The van der Waals surface area contributed by atoms with Crippen LogP contribution >= 0.6 is 0 Å². The zero-order chi connectivity index (χ0) is 20.2. The standard InChI is InChI=1S/C18H19NO7S/c1-11(17(20)12-4-7-14(24-2)8-5-12)26-18(21)13-6-9-15(25-3)16(10-13)27(19,22)23/h4-11H,1-3H3,(H2,19,22,23)/t11-/m1/s1. The first-order valence-electron chi connectivity index (χ1n) is 7.77. The Morgan fingerprint density at radius 3 is 2.07 bits per heavy atom. The van der Waals surface area contributed by atoms with Gasteiger partial charge in [-0.05, 0) is 49.4 Å². The maximum atomic E-state index is 12.4. The normalized spacial score (nSPS) is 12.1. The number of nitrogens with two attached hydrogens (primary N) is 1. The summed E-state index contributed by atoms with van der Waals surface area (Å²) in [7, 11) is -1.33. The van der Waals surface area contributed by atoms with E-state index in [1.807, 2.05) is 0 Å². The van der Waals surface area contributed by atoms with Gasteiger partial charge in [0.25, 0.3) is 0 Å². The molecule has 0 aliphatic rings. The van der Waals surface area contributed by atoms with Crippen molar-refractivity contribution in [1.82, 2.24) is 0 Å². The van der Waals surface area contributed by atoms with Crippen molar-refractivity contribution in [3.63, 3.8) is 0 Å². The van der Waals surface area contributed by atoms with Crippen LogP contribution in [0.1, 0.15) is 27.6 Å². The van der Waals surface area contributed by atoms with E-state index in [9.17, 15) is 18.0 Å². The first kappa shape index (κ1) is 20.4. The molecule has 0 saturated carbocycles. The van der Waals surface area contributed by atoms with Gasteiger partial charge in [-0.3, -0.25) is 4.79 Å². The van der Waals surface area contributed by atoms with Crippen molar-refractivity contribution in [3.05, 3.63) is 53.6 Å². The molecule has 8 nitrogen and oxygen atoms in total. The monoisotopic (exact) mass is 393 g/mol. The van der Waals surface area contributed by atoms with E-state index in [-0.39, 0.29) is 16.2 Å². The average Bonchev–Trinajstić information content (AvgIpc) is 2.66. The van der Waals surface area contributed by atoms with Crippen molar-refractivity contribution in [3.8, 4) is 11.5 Å². The van der Waals surface area contributed by atoms with Gasteiger partial charge in [0.15, 0.2) is 6.10 Å². The van der Waals surface area contributed by atoms with Crippen LogP contribution in [-0.4, -0.2) is 40.5 Å². The van der Waals surface area contributed by atoms with Crippen LogP contribution in [0.5, 0.6) is 11.5 Å². The van der Waals surface area contributed by atoms with Gasteiger partial charge in [-0.1, -0.05) is 0 Å². The molecule has 0 fully saturated rings. The van der Waals surface area contributed by atoms with Crippen LogP contribution in [0.25, 0.3) is 0 Å². The molecular formula is C18H19NO7S. The second-order valence-corrected chi connectivity index (χ2v) is 7.08. The molecule has 144 valence electrons. The van der Waals surface area contributed by atoms with E-state index >= 15 is 0 Å². The van der Waals surface area contributed by atoms with E-state index in [2.05, 4.69) is 0 Å². The van der Waals surface area contributed by atoms with Crippen LogP contribution in [0.4, 0.5) is 0 Å². The van der Waals surface area contributed by atoms with Crippen molar-refractivity contribution in [1.29, 1.82) is 0 Å². The van der Waals surface area contributed by atoms with E-state index in [1.165, 1.54) is 33.3 Å². The number of benzene rings is 2. The summed E-state index contributed by atoms with van der Waals surface area (Å²) < 4.78 is 38.4. The Kier molecular flexibility index (Phi) is 6.19. The maximum Gasteiger partial charge on any atom is 0.338 e. The molecule has 0 radical (unpaired) electrons. The third kappa shape index (κ3) is 4.83. The summed E-state index contributed by atoms with van der Waals surface area (Å²) in [5.74, 6) is -0.690. The second-order valence-electron chi connectivity index (χ2n) is 5.55. The molecule has 0 aromatic heterocycles. The highest BCUT2D eigenvalue weighted by molar-refractivity contribution is 7.89. The summed E-state index contributed by atoms with van der Waals surface area (Å²) in [5.41, 5.74) is 0.269. The average molecular weight is 393 g/mol. The van der Waals surface area contributed by atoms with E-state index < -0.39 is 27.9 Å². The highest BCUT2D eigenvalue weighted by Gasteiger charge is 2.23. The van der Waals surface area contributed by atoms with Gasteiger partial charge in [0.1, 0.15) is 16.4 Å². The Labute approximate surface area is 156 Å². The molecule has 9 heteroatoms. The second kappa shape index (κ2) is 8.19. The fraction of sp³-hybridized carbons (Fsp3) is 0.222. The highest BCUT2D eigenvalue weighted by atomic mass is 32.2. The van der Waals surface area contributed by atoms with Crippen LogP contribution in [0, 0.1) is 0 Å². The number of carbonyl (C=O) groups excluding carboxylic acids is 2. The fourth-order valence-electron chi connectivity index (χ4n) is 2.30. The number of methoxy groups -OCH3 is 2. The van der Waals surface area contributed by atoms with Gasteiger partial charge in [0, 0.05) is 5.56 Å². The Bertz CT molecular complexity index is 952. The molecular weight excluding hydrogens is 374 g/mol. The van der Waals surface area contributed by atoms with Gasteiger partial charge in [0.2, 0.25) is 15.8 Å². The van der Waals surface area contributed by atoms with E-state index in [1.54, 1.807) is 24.3 Å². The van der Waals surface area contributed by atoms with Crippen molar-refractivity contribution in [2.45, 2.75) is 17.9 Å². The summed E-state index contributed by atoms with van der Waals surface area (Å²) in [5, 5.41) is 5.13. The summed E-state index contributed by atoms with van der Waals surface area (Å²) >= 11 is 0. The summed E-state index contributed by atoms with van der Waals surface area (Å²) in [6.45, 7) is 1.43. The van der Waals surface area contributed by atoms with Gasteiger partial charge >= 0.3 is 5.97 Å². The highest BCUT2D eigenvalue weighted by Crippen LogP contribution is 2.24. The number of Topliss-reactive ketones (excluding diaryl/α,β-unsaturated/α-hetero) is 1. The molecule has 0 heterocycles. The van der Waals surface area contributed by atoms with Crippen LogP contribution in [0.3, 0.4) is 0 Å². The van der Waals surface area contributed by atoms with Crippen LogP contribution < -0.4 is 14.6 Å².